The monoisotopic (exact) mass is 516 g/mol. The molecule has 0 radical (unpaired) electrons. The van der Waals surface area contributed by atoms with E-state index < -0.39 is 0 Å². The maximum atomic E-state index is 13.5. The Balaban J connectivity index is 1.52. The molecule has 2 fully saturated rings. The van der Waals surface area contributed by atoms with Crippen LogP contribution in [-0.2, 0) is 9.59 Å². The molecule has 1 unspecified atom stereocenters. The zero-order valence-corrected chi connectivity index (χ0v) is 21.9. The first kappa shape index (κ1) is 24.5. The molecule has 184 valence electrons. The highest BCUT2D eigenvalue weighted by atomic mass is 32.2. The van der Waals surface area contributed by atoms with Crippen molar-refractivity contribution in [3.63, 3.8) is 0 Å². The summed E-state index contributed by atoms with van der Waals surface area (Å²) in [5.41, 5.74) is 9.49. The Morgan fingerprint density at radius 3 is 2.58 bits per heavy atom. The van der Waals surface area contributed by atoms with Gasteiger partial charge in [0.15, 0.2) is 0 Å². The van der Waals surface area contributed by atoms with Crippen LogP contribution in [0.4, 0.5) is 5.82 Å². The second-order valence-electron chi connectivity index (χ2n) is 9.35. The lowest BCUT2D eigenvalue weighted by molar-refractivity contribution is -0.123. The van der Waals surface area contributed by atoms with Crippen molar-refractivity contribution >= 4 is 62.9 Å². The van der Waals surface area contributed by atoms with Crippen molar-refractivity contribution in [3.8, 4) is 0 Å². The number of thiocarbonyl (C=S) groups is 1. The number of aryl methyl sites for hydroxylation is 1. The normalized spacial score (nSPS) is 18.9. The molecule has 0 saturated carbocycles. The van der Waals surface area contributed by atoms with E-state index in [0.717, 1.165) is 33.4 Å². The van der Waals surface area contributed by atoms with Gasteiger partial charge in [0.1, 0.15) is 10.1 Å². The molecule has 3 aromatic rings. The van der Waals surface area contributed by atoms with Gasteiger partial charge in [-0.15, -0.1) is 0 Å². The van der Waals surface area contributed by atoms with Crippen molar-refractivity contribution in [2.75, 3.05) is 18.0 Å². The molecule has 2 saturated heterocycles. The lowest BCUT2D eigenvalue weighted by Gasteiger charge is -2.32. The van der Waals surface area contributed by atoms with E-state index in [1.54, 1.807) is 4.90 Å². The van der Waals surface area contributed by atoms with Crippen molar-refractivity contribution in [1.82, 2.24) is 9.88 Å². The van der Waals surface area contributed by atoms with Crippen LogP contribution in [0.25, 0.3) is 17.0 Å². The van der Waals surface area contributed by atoms with Gasteiger partial charge in [0, 0.05) is 30.0 Å². The summed E-state index contributed by atoms with van der Waals surface area (Å²) < 4.78 is 0.552. The standard InChI is InChI=1S/C28H28N4O2S2/c1-17-7-6-10-21-15-22(26(30-24(17)21)31-13-11-20(12-14-31)25(29)33)16-23-27(34)32(28(35)36-23)18(2)19-8-4-3-5-9-19/h3-10,15-16,18,20H,11-14H2,1-2H3,(H2,29,33)/b23-16-. The van der Waals surface area contributed by atoms with E-state index in [1.807, 2.05) is 68.5 Å². The fraction of sp³-hybridized carbons (Fsp3) is 0.286. The van der Waals surface area contributed by atoms with Gasteiger partial charge in [0.25, 0.3) is 5.91 Å². The molecule has 36 heavy (non-hydrogen) atoms. The quantitative estimate of drug-likeness (QED) is 0.371. The highest BCUT2D eigenvalue weighted by molar-refractivity contribution is 8.26. The zero-order valence-electron chi connectivity index (χ0n) is 20.3. The minimum atomic E-state index is -0.242. The highest BCUT2D eigenvalue weighted by Gasteiger charge is 2.36. The molecule has 0 aliphatic carbocycles. The zero-order chi connectivity index (χ0) is 25.4. The first-order valence-electron chi connectivity index (χ1n) is 12.1. The average molecular weight is 517 g/mol. The predicted octanol–water partition coefficient (Wildman–Crippen LogP) is 5.21. The van der Waals surface area contributed by atoms with E-state index in [2.05, 4.69) is 11.0 Å². The van der Waals surface area contributed by atoms with Crippen molar-refractivity contribution in [2.24, 2.45) is 11.7 Å². The molecular formula is C28H28N4O2S2. The third-order valence-electron chi connectivity index (χ3n) is 7.03. The van der Waals surface area contributed by atoms with E-state index in [1.165, 1.54) is 11.8 Å². The number of rotatable bonds is 5. The van der Waals surface area contributed by atoms with Crippen LogP contribution in [-0.4, -0.2) is 39.1 Å². The summed E-state index contributed by atoms with van der Waals surface area (Å²) in [7, 11) is 0. The number of fused-ring (bicyclic) bond motifs is 1. The number of carbonyl (C=O) groups is 2. The number of nitrogens with zero attached hydrogens (tertiary/aromatic N) is 3. The molecule has 8 heteroatoms. The van der Waals surface area contributed by atoms with Crippen molar-refractivity contribution < 1.29 is 9.59 Å². The molecule has 2 aromatic carbocycles. The second kappa shape index (κ2) is 10.0. The van der Waals surface area contributed by atoms with E-state index in [9.17, 15) is 9.59 Å². The van der Waals surface area contributed by atoms with Crippen LogP contribution in [0.1, 0.15) is 42.5 Å². The lowest BCUT2D eigenvalue weighted by Crippen LogP contribution is -2.39. The van der Waals surface area contributed by atoms with E-state index in [-0.39, 0.29) is 23.8 Å². The lowest BCUT2D eigenvalue weighted by atomic mass is 9.96. The molecule has 6 nitrogen and oxygen atoms in total. The van der Waals surface area contributed by atoms with Gasteiger partial charge in [0.05, 0.1) is 16.5 Å². The fourth-order valence-electron chi connectivity index (χ4n) is 4.92. The molecule has 0 bridgehead atoms. The van der Waals surface area contributed by atoms with Crippen LogP contribution in [0, 0.1) is 12.8 Å². The fourth-order valence-corrected chi connectivity index (χ4v) is 6.33. The van der Waals surface area contributed by atoms with Crippen molar-refractivity contribution in [2.45, 2.75) is 32.7 Å². The minimum absolute atomic E-state index is 0.0934. The van der Waals surface area contributed by atoms with Crippen LogP contribution < -0.4 is 10.6 Å². The van der Waals surface area contributed by atoms with Crippen molar-refractivity contribution in [3.05, 3.63) is 76.2 Å². The Kier molecular flexibility index (Phi) is 6.81. The van der Waals surface area contributed by atoms with Crippen molar-refractivity contribution in [1.29, 1.82) is 0 Å². The molecule has 2 amide bonds. The molecular weight excluding hydrogens is 488 g/mol. The van der Waals surface area contributed by atoms with Crippen LogP contribution >= 0.6 is 24.0 Å². The van der Waals surface area contributed by atoms with Gasteiger partial charge in [-0.05, 0) is 50.0 Å². The number of carbonyl (C=O) groups excluding carboxylic acids is 2. The maximum absolute atomic E-state index is 13.5. The van der Waals surface area contributed by atoms with Crippen LogP contribution in [0.5, 0.6) is 0 Å². The number of benzene rings is 2. The number of hydrogen-bond donors (Lipinski definition) is 1. The third-order valence-corrected chi connectivity index (χ3v) is 8.36. The topological polar surface area (TPSA) is 79.5 Å². The van der Waals surface area contributed by atoms with Gasteiger partial charge < -0.3 is 10.6 Å². The Bertz CT molecular complexity index is 1380. The van der Waals surface area contributed by atoms with E-state index in [0.29, 0.717) is 35.2 Å². The molecule has 1 aromatic heterocycles. The summed E-state index contributed by atoms with van der Waals surface area (Å²) in [6.07, 6.45) is 3.30. The number of amides is 2. The highest BCUT2D eigenvalue weighted by Crippen LogP contribution is 2.39. The molecule has 0 spiro atoms. The summed E-state index contributed by atoms with van der Waals surface area (Å²) in [6.45, 7) is 5.42. The summed E-state index contributed by atoms with van der Waals surface area (Å²) in [6, 6.07) is 18.0. The van der Waals surface area contributed by atoms with Gasteiger partial charge in [0.2, 0.25) is 5.91 Å². The summed E-state index contributed by atoms with van der Waals surface area (Å²) >= 11 is 6.96. The third kappa shape index (κ3) is 4.63. The van der Waals surface area contributed by atoms with Crippen LogP contribution in [0.3, 0.4) is 0 Å². The number of thioether (sulfide) groups is 1. The minimum Gasteiger partial charge on any atom is -0.369 e. The Hall–Kier alpha value is -3.23. The molecule has 2 N–H and O–H groups in total. The van der Waals surface area contributed by atoms with E-state index in [4.69, 9.17) is 22.9 Å². The number of nitrogens with two attached hydrogens (primary N) is 1. The molecule has 5 rings (SSSR count). The molecule has 2 aliphatic heterocycles. The number of aromatic nitrogens is 1. The molecule has 3 heterocycles. The smallest absolute Gasteiger partial charge is 0.266 e. The predicted molar refractivity (Wildman–Crippen MR) is 150 cm³/mol. The first-order valence-corrected chi connectivity index (χ1v) is 13.3. The van der Waals surface area contributed by atoms with Crippen LogP contribution in [0.2, 0.25) is 0 Å². The number of hydrogen-bond acceptors (Lipinski definition) is 6. The van der Waals surface area contributed by atoms with E-state index >= 15 is 0 Å². The van der Waals surface area contributed by atoms with Gasteiger partial charge in [-0.25, -0.2) is 4.98 Å². The van der Waals surface area contributed by atoms with Gasteiger partial charge in [-0.3, -0.25) is 14.5 Å². The molecule has 2 aliphatic rings. The SMILES string of the molecule is Cc1cccc2cc(/C=C3\SC(=S)N(C(C)c4ccccc4)C3=O)c(N3CCC(C(N)=O)CC3)nc12. The Morgan fingerprint density at radius 1 is 1.17 bits per heavy atom. The number of anilines is 1. The number of primary amides is 1. The van der Waals surface area contributed by atoms with Crippen LogP contribution in [0.15, 0.2) is 59.5 Å². The Labute approximate surface area is 220 Å². The maximum Gasteiger partial charge on any atom is 0.266 e. The Morgan fingerprint density at radius 2 is 1.89 bits per heavy atom. The average Bonchev–Trinajstić information content (AvgIpc) is 3.16. The van der Waals surface area contributed by atoms with Gasteiger partial charge in [-0.2, -0.15) is 0 Å². The summed E-state index contributed by atoms with van der Waals surface area (Å²) in [5.74, 6) is 0.376. The summed E-state index contributed by atoms with van der Waals surface area (Å²) in [4.78, 5) is 34.7. The van der Waals surface area contributed by atoms with Gasteiger partial charge >= 0.3 is 0 Å². The van der Waals surface area contributed by atoms with Gasteiger partial charge in [-0.1, -0.05) is 72.5 Å². The number of pyridine rings is 1. The molecule has 1 atom stereocenters. The largest absolute Gasteiger partial charge is 0.369 e. The number of piperidine rings is 1. The summed E-state index contributed by atoms with van der Waals surface area (Å²) in [5, 5.41) is 1.02. The second-order valence-corrected chi connectivity index (χ2v) is 11.0. The first-order chi connectivity index (χ1) is 17.3. The number of para-hydroxylation sites is 1.